The van der Waals surface area contributed by atoms with Crippen LogP contribution in [0.25, 0.3) is 0 Å². The lowest BCUT2D eigenvalue weighted by atomic mass is 10.1. The second-order valence-corrected chi connectivity index (χ2v) is 6.39. The van der Waals surface area contributed by atoms with Gasteiger partial charge in [0, 0.05) is 29.8 Å². The Morgan fingerprint density at radius 2 is 2.20 bits per heavy atom. The molecule has 2 N–H and O–H groups in total. The minimum Gasteiger partial charge on any atom is -0.478 e. The Labute approximate surface area is 122 Å². The summed E-state index contributed by atoms with van der Waals surface area (Å²) >= 11 is 1.86. The van der Waals surface area contributed by atoms with E-state index in [-0.39, 0.29) is 11.6 Å². The first-order valence-corrected chi connectivity index (χ1v) is 7.54. The normalized spacial score (nSPS) is 18.7. The molecule has 0 aromatic heterocycles. The molecule has 0 bridgehead atoms. The van der Waals surface area contributed by atoms with E-state index >= 15 is 0 Å². The van der Waals surface area contributed by atoms with Gasteiger partial charge in [0.2, 0.25) is 0 Å². The third kappa shape index (κ3) is 3.25. The lowest BCUT2D eigenvalue weighted by Crippen LogP contribution is -2.43. The van der Waals surface area contributed by atoms with E-state index < -0.39 is 5.97 Å². The van der Waals surface area contributed by atoms with Gasteiger partial charge in [-0.05, 0) is 24.6 Å². The van der Waals surface area contributed by atoms with Gasteiger partial charge < -0.3 is 15.3 Å². The van der Waals surface area contributed by atoms with E-state index in [0.717, 1.165) is 12.3 Å². The van der Waals surface area contributed by atoms with Gasteiger partial charge in [-0.15, -0.1) is 0 Å². The summed E-state index contributed by atoms with van der Waals surface area (Å²) in [5, 5.41) is 12.3. The molecule has 0 aliphatic carbocycles. The SMILES string of the molecule is Cc1c(NC(=O)N2CCSC(C)C2)cccc1C(=O)O. The van der Waals surface area contributed by atoms with E-state index in [1.54, 1.807) is 24.0 Å². The second-order valence-electron chi connectivity index (χ2n) is 4.84. The molecular weight excluding hydrogens is 276 g/mol. The van der Waals surface area contributed by atoms with Gasteiger partial charge in [0.05, 0.1) is 5.56 Å². The Bertz CT molecular complexity index is 533. The molecule has 1 saturated heterocycles. The van der Waals surface area contributed by atoms with Crippen molar-refractivity contribution >= 4 is 29.4 Å². The molecule has 1 aliphatic rings. The third-order valence-corrected chi connectivity index (χ3v) is 4.47. The summed E-state index contributed by atoms with van der Waals surface area (Å²) < 4.78 is 0. The maximum atomic E-state index is 12.2. The topological polar surface area (TPSA) is 69.6 Å². The minimum atomic E-state index is -0.985. The van der Waals surface area contributed by atoms with Gasteiger partial charge in [-0.3, -0.25) is 0 Å². The fourth-order valence-electron chi connectivity index (χ4n) is 2.20. The van der Waals surface area contributed by atoms with Crippen LogP contribution >= 0.6 is 11.8 Å². The number of anilines is 1. The highest BCUT2D eigenvalue weighted by Gasteiger charge is 2.22. The molecule has 2 rings (SSSR count). The second kappa shape index (κ2) is 6.17. The van der Waals surface area contributed by atoms with Crippen LogP contribution in [0.2, 0.25) is 0 Å². The molecule has 1 unspecified atom stereocenters. The molecule has 5 nitrogen and oxygen atoms in total. The first kappa shape index (κ1) is 14.7. The van der Waals surface area contributed by atoms with Gasteiger partial charge in [0.25, 0.3) is 0 Å². The molecule has 20 heavy (non-hydrogen) atoms. The van der Waals surface area contributed by atoms with E-state index in [2.05, 4.69) is 12.2 Å². The van der Waals surface area contributed by atoms with E-state index in [9.17, 15) is 9.59 Å². The number of carbonyl (C=O) groups is 2. The predicted octanol–water partition coefficient (Wildman–Crippen LogP) is 2.66. The standard InChI is InChI=1S/C14H18N2O3S/c1-9-8-16(6-7-20-9)14(19)15-12-5-3-4-11(10(12)2)13(17)18/h3-5,9H,6-8H2,1-2H3,(H,15,19)(H,17,18). The smallest absolute Gasteiger partial charge is 0.336 e. The van der Waals surface area contributed by atoms with Crippen molar-refractivity contribution in [2.24, 2.45) is 0 Å². The number of urea groups is 1. The third-order valence-electron chi connectivity index (χ3n) is 3.33. The minimum absolute atomic E-state index is 0.164. The number of hydrogen-bond donors (Lipinski definition) is 2. The van der Waals surface area contributed by atoms with Crippen molar-refractivity contribution in [3.8, 4) is 0 Å². The van der Waals surface area contributed by atoms with Crippen molar-refractivity contribution in [1.82, 2.24) is 4.90 Å². The quantitative estimate of drug-likeness (QED) is 0.880. The van der Waals surface area contributed by atoms with Gasteiger partial charge in [-0.25, -0.2) is 9.59 Å². The Balaban J connectivity index is 2.11. The van der Waals surface area contributed by atoms with Crippen LogP contribution < -0.4 is 5.32 Å². The lowest BCUT2D eigenvalue weighted by Gasteiger charge is -2.30. The Morgan fingerprint density at radius 1 is 1.45 bits per heavy atom. The number of carboxylic acids is 1. The van der Waals surface area contributed by atoms with E-state index in [4.69, 9.17) is 5.11 Å². The molecular formula is C14H18N2O3S. The summed E-state index contributed by atoms with van der Waals surface area (Å²) in [6.07, 6.45) is 0. The summed E-state index contributed by atoms with van der Waals surface area (Å²) in [5.41, 5.74) is 1.35. The van der Waals surface area contributed by atoms with Crippen LogP contribution in [0.5, 0.6) is 0 Å². The highest BCUT2D eigenvalue weighted by Crippen LogP contribution is 2.21. The van der Waals surface area contributed by atoms with Gasteiger partial charge in [0.1, 0.15) is 0 Å². The molecule has 0 spiro atoms. The van der Waals surface area contributed by atoms with E-state index in [1.807, 2.05) is 11.8 Å². The zero-order chi connectivity index (χ0) is 14.7. The van der Waals surface area contributed by atoms with Gasteiger partial charge in [0.15, 0.2) is 0 Å². The van der Waals surface area contributed by atoms with Gasteiger partial charge >= 0.3 is 12.0 Å². The van der Waals surface area contributed by atoms with Crippen LogP contribution in [-0.4, -0.2) is 46.1 Å². The fraction of sp³-hybridized carbons (Fsp3) is 0.429. The molecule has 6 heteroatoms. The lowest BCUT2D eigenvalue weighted by molar-refractivity contribution is 0.0696. The number of thioether (sulfide) groups is 1. The van der Waals surface area contributed by atoms with Crippen LogP contribution in [0.3, 0.4) is 0 Å². The molecule has 0 radical (unpaired) electrons. The average molecular weight is 294 g/mol. The summed E-state index contributed by atoms with van der Waals surface area (Å²) in [6.45, 7) is 5.24. The first-order chi connectivity index (χ1) is 9.49. The number of hydrogen-bond acceptors (Lipinski definition) is 3. The highest BCUT2D eigenvalue weighted by molar-refractivity contribution is 7.99. The number of nitrogens with zero attached hydrogens (tertiary/aromatic N) is 1. The van der Waals surface area contributed by atoms with Crippen molar-refractivity contribution in [3.63, 3.8) is 0 Å². The number of nitrogens with one attached hydrogen (secondary N) is 1. The molecule has 2 amide bonds. The van der Waals surface area contributed by atoms with Crippen molar-refractivity contribution in [1.29, 1.82) is 0 Å². The number of rotatable bonds is 2. The summed E-state index contributed by atoms with van der Waals surface area (Å²) in [4.78, 5) is 25.1. The summed E-state index contributed by atoms with van der Waals surface area (Å²) in [7, 11) is 0. The van der Waals surface area contributed by atoms with Crippen LogP contribution in [0.4, 0.5) is 10.5 Å². The zero-order valence-corrected chi connectivity index (χ0v) is 12.4. The van der Waals surface area contributed by atoms with Crippen molar-refractivity contribution in [3.05, 3.63) is 29.3 Å². The Kier molecular flexibility index (Phi) is 4.54. The molecule has 1 fully saturated rings. The summed E-state index contributed by atoms with van der Waals surface area (Å²) in [6, 6.07) is 4.73. The van der Waals surface area contributed by atoms with Gasteiger partial charge in [-0.2, -0.15) is 11.8 Å². The number of carbonyl (C=O) groups excluding carboxylic acids is 1. The zero-order valence-electron chi connectivity index (χ0n) is 11.5. The molecule has 1 heterocycles. The Hall–Kier alpha value is -1.69. The van der Waals surface area contributed by atoms with Crippen LogP contribution in [0, 0.1) is 6.92 Å². The molecule has 1 atom stereocenters. The van der Waals surface area contributed by atoms with Crippen molar-refractivity contribution < 1.29 is 14.7 Å². The molecule has 0 saturated carbocycles. The molecule has 1 aromatic carbocycles. The average Bonchev–Trinajstić information content (AvgIpc) is 2.40. The summed E-state index contributed by atoms with van der Waals surface area (Å²) in [5.74, 6) is -0.0514. The molecule has 108 valence electrons. The van der Waals surface area contributed by atoms with Gasteiger partial charge in [-0.1, -0.05) is 13.0 Å². The number of aromatic carboxylic acids is 1. The molecule has 1 aromatic rings. The van der Waals surface area contributed by atoms with Crippen LogP contribution in [0.15, 0.2) is 18.2 Å². The number of amides is 2. The van der Waals surface area contributed by atoms with Crippen LogP contribution in [-0.2, 0) is 0 Å². The van der Waals surface area contributed by atoms with E-state index in [1.165, 1.54) is 6.07 Å². The number of carboxylic acid groups (broad SMARTS) is 1. The monoisotopic (exact) mass is 294 g/mol. The maximum absolute atomic E-state index is 12.2. The Morgan fingerprint density at radius 3 is 2.85 bits per heavy atom. The fourth-order valence-corrected chi connectivity index (χ4v) is 3.21. The van der Waals surface area contributed by atoms with E-state index in [0.29, 0.717) is 23.0 Å². The van der Waals surface area contributed by atoms with Crippen molar-refractivity contribution in [2.75, 3.05) is 24.2 Å². The van der Waals surface area contributed by atoms with Crippen LogP contribution in [0.1, 0.15) is 22.8 Å². The molecule has 1 aliphatic heterocycles. The largest absolute Gasteiger partial charge is 0.478 e. The first-order valence-electron chi connectivity index (χ1n) is 6.49. The van der Waals surface area contributed by atoms with Crippen molar-refractivity contribution in [2.45, 2.75) is 19.1 Å². The maximum Gasteiger partial charge on any atom is 0.336 e. The highest BCUT2D eigenvalue weighted by atomic mass is 32.2. The number of benzene rings is 1. The predicted molar refractivity (Wildman–Crippen MR) is 80.7 cm³/mol.